The Labute approximate surface area is 82.0 Å². The van der Waals surface area contributed by atoms with Gasteiger partial charge in [-0.25, -0.2) is 4.39 Å². The zero-order valence-electron chi connectivity index (χ0n) is 7.88. The highest BCUT2D eigenvalue weighted by atomic mass is 19.1. The number of halogens is 1. The number of benzene rings is 1. The molecule has 14 heavy (non-hydrogen) atoms. The zero-order valence-corrected chi connectivity index (χ0v) is 7.88. The predicted molar refractivity (Wildman–Crippen MR) is 50.1 cm³/mol. The highest BCUT2D eigenvalue weighted by Gasteiger charge is 2.04. The van der Waals surface area contributed by atoms with Crippen molar-refractivity contribution >= 4 is 5.78 Å². The minimum atomic E-state index is -0.390. The predicted octanol–water partition coefficient (Wildman–Crippen LogP) is 2.02. The van der Waals surface area contributed by atoms with Crippen LogP contribution in [0.3, 0.4) is 0 Å². The molecule has 0 fully saturated rings. The van der Waals surface area contributed by atoms with Gasteiger partial charge in [-0.1, -0.05) is 12.1 Å². The molecule has 0 aliphatic rings. The number of nitrogens with zero attached hydrogens (tertiary/aromatic N) is 1. The lowest BCUT2D eigenvalue weighted by Crippen LogP contribution is -1.98. The van der Waals surface area contributed by atoms with Gasteiger partial charge in [0.25, 0.3) is 0 Å². The topological polar surface area (TPSA) is 40.9 Å². The van der Waals surface area contributed by atoms with Crippen LogP contribution < -0.4 is 0 Å². The van der Waals surface area contributed by atoms with Gasteiger partial charge in [-0.05, 0) is 18.6 Å². The van der Waals surface area contributed by atoms with Crippen LogP contribution in [0.5, 0.6) is 0 Å². The van der Waals surface area contributed by atoms with E-state index in [9.17, 15) is 9.18 Å². The maximum absolute atomic E-state index is 13.1. The molecule has 0 heterocycles. The van der Waals surface area contributed by atoms with Gasteiger partial charge < -0.3 is 0 Å². The van der Waals surface area contributed by atoms with Gasteiger partial charge in [-0.2, -0.15) is 5.26 Å². The van der Waals surface area contributed by atoms with Crippen LogP contribution in [-0.2, 0) is 17.6 Å². The van der Waals surface area contributed by atoms with Crippen LogP contribution in [0.4, 0.5) is 4.39 Å². The molecule has 2 nitrogen and oxygen atoms in total. The highest BCUT2D eigenvalue weighted by Crippen LogP contribution is 2.11. The number of carbonyl (C=O) groups is 1. The van der Waals surface area contributed by atoms with Crippen molar-refractivity contribution in [3.05, 3.63) is 35.1 Å². The van der Waals surface area contributed by atoms with E-state index < -0.39 is 0 Å². The molecule has 0 unspecified atom stereocenters. The average molecular weight is 191 g/mol. The van der Waals surface area contributed by atoms with Crippen LogP contribution in [-0.4, -0.2) is 5.78 Å². The molecule has 0 atom stereocenters. The minimum Gasteiger partial charge on any atom is -0.300 e. The summed E-state index contributed by atoms with van der Waals surface area (Å²) >= 11 is 0. The smallest absolute Gasteiger partial charge is 0.134 e. The number of hydrogen-bond acceptors (Lipinski definition) is 2. The highest BCUT2D eigenvalue weighted by molar-refractivity contribution is 5.78. The summed E-state index contributed by atoms with van der Waals surface area (Å²) in [5, 5.41) is 8.43. The number of ketones is 1. The van der Waals surface area contributed by atoms with E-state index in [1.807, 2.05) is 6.07 Å². The van der Waals surface area contributed by atoms with Crippen LogP contribution in [0, 0.1) is 17.1 Å². The van der Waals surface area contributed by atoms with Crippen molar-refractivity contribution in [2.24, 2.45) is 0 Å². The Balaban J connectivity index is 2.95. The normalized spacial score (nSPS) is 9.50. The lowest BCUT2D eigenvalue weighted by Gasteiger charge is -2.01. The van der Waals surface area contributed by atoms with E-state index in [-0.39, 0.29) is 18.0 Å². The molecule has 1 rings (SSSR count). The Kier molecular flexibility index (Phi) is 3.35. The summed E-state index contributed by atoms with van der Waals surface area (Å²) in [7, 11) is 0. The van der Waals surface area contributed by atoms with E-state index in [2.05, 4.69) is 0 Å². The lowest BCUT2D eigenvalue weighted by molar-refractivity contribution is -0.116. The van der Waals surface area contributed by atoms with Gasteiger partial charge in [0.15, 0.2) is 0 Å². The Hall–Kier alpha value is -1.69. The monoisotopic (exact) mass is 191 g/mol. The summed E-state index contributed by atoms with van der Waals surface area (Å²) < 4.78 is 13.1. The fraction of sp³-hybridized carbons (Fsp3) is 0.273. The van der Waals surface area contributed by atoms with Crippen molar-refractivity contribution in [2.45, 2.75) is 19.8 Å². The molecule has 0 bridgehead atoms. The van der Waals surface area contributed by atoms with Crippen molar-refractivity contribution in [2.75, 3.05) is 0 Å². The third kappa shape index (κ3) is 2.67. The van der Waals surface area contributed by atoms with Crippen molar-refractivity contribution < 1.29 is 9.18 Å². The first-order valence-electron chi connectivity index (χ1n) is 4.27. The molecule has 0 N–H and O–H groups in total. The van der Waals surface area contributed by atoms with Gasteiger partial charge in [0.2, 0.25) is 0 Å². The van der Waals surface area contributed by atoms with Crippen LogP contribution in [0.2, 0.25) is 0 Å². The average Bonchev–Trinajstić information content (AvgIpc) is 2.10. The fourth-order valence-electron chi connectivity index (χ4n) is 1.25. The third-order valence-electron chi connectivity index (χ3n) is 1.83. The number of hydrogen-bond donors (Lipinski definition) is 0. The number of rotatable bonds is 3. The standard InChI is InChI=1S/C11H10FNO/c1-8(14)6-9-2-3-11(12)10(7-9)4-5-13/h2-3,7H,4,6H2,1H3. The van der Waals surface area contributed by atoms with Gasteiger partial charge in [-0.3, -0.25) is 4.79 Å². The van der Waals surface area contributed by atoms with Crippen LogP contribution >= 0.6 is 0 Å². The number of nitriles is 1. The van der Waals surface area contributed by atoms with E-state index in [0.29, 0.717) is 12.0 Å². The summed E-state index contributed by atoms with van der Waals surface area (Å²) in [6.07, 6.45) is 0.330. The van der Waals surface area contributed by atoms with Gasteiger partial charge >= 0.3 is 0 Å². The lowest BCUT2D eigenvalue weighted by atomic mass is 10.0. The van der Waals surface area contributed by atoms with Gasteiger partial charge in [0, 0.05) is 12.0 Å². The quantitative estimate of drug-likeness (QED) is 0.733. The fourth-order valence-corrected chi connectivity index (χ4v) is 1.25. The molecule has 72 valence electrons. The molecule has 3 heteroatoms. The molecule has 0 aliphatic carbocycles. The van der Waals surface area contributed by atoms with Gasteiger partial charge in [-0.15, -0.1) is 0 Å². The first-order valence-corrected chi connectivity index (χ1v) is 4.27. The second kappa shape index (κ2) is 4.52. The second-order valence-corrected chi connectivity index (χ2v) is 3.14. The largest absolute Gasteiger partial charge is 0.300 e. The Bertz CT molecular complexity index is 393. The summed E-state index contributed by atoms with van der Waals surface area (Å²) in [6, 6.07) is 6.31. The van der Waals surface area contributed by atoms with Crippen molar-refractivity contribution in [3.63, 3.8) is 0 Å². The van der Waals surface area contributed by atoms with E-state index in [1.165, 1.54) is 13.0 Å². The number of Topliss-reactive ketones (excluding diaryl/α,β-unsaturated/α-hetero) is 1. The Morgan fingerprint density at radius 2 is 2.29 bits per heavy atom. The van der Waals surface area contributed by atoms with E-state index in [4.69, 9.17) is 5.26 Å². The zero-order chi connectivity index (χ0) is 10.6. The van der Waals surface area contributed by atoms with Crippen LogP contribution in [0.15, 0.2) is 18.2 Å². The van der Waals surface area contributed by atoms with Crippen LogP contribution in [0.1, 0.15) is 18.1 Å². The van der Waals surface area contributed by atoms with Gasteiger partial charge in [0.05, 0.1) is 12.5 Å². The molecule has 0 aromatic heterocycles. The van der Waals surface area contributed by atoms with Crippen molar-refractivity contribution in [3.8, 4) is 6.07 Å². The third-order valence-corrected chi connectivity index (χ3v) is 1.83. The summed E-state index contributed by atoms with van der Waals surface area (Å²) in [6.45, 7) is 1.48. The van der Waals surface area contributed by atoms with E-state index in [1.54, 1.807) is 12.1 Å². The molecular formula is C11H10FNO. The molecule has 0 amide bonds. The Morgan fingerprint density at radius 3 is 2.86 bits per heavy atom. The van der Waals surface area contributed by atoms with Crippen LogP contribution in [0.25, 0.3) is 0 Å². The maximum Gasteiger partial charge on any atom is 0.134 e. The Morgan fingerprint density at radius 1 is 1.57 bits per heavy atom. The van der Waals surface area contributed by atoms with Gasteiger partial charge in [0.1, 0.15) is 11.6 Å². The molecule has 0 saturated heterocycles. The molecule has 0 saturated carbocycles. The van der Waals surface area contributed by atoms with E-state index in [0.717, 1.165) is 5.56 Å². The molecular weight excluding hydrogens is 181 g/mol. The summed E-state index contributed by atoms with van der Waals surface area (Å²) in [5.41, 5.74) is 1.11. The number of carbonyl (C=O) groups excluding carboxylic acids is 1. The second-order valence-electron chi connectivity index (χ2n) is 3.14. The molecule has 1 aromatic carbocycles. The first-order chi connectivity index (χ1) is 6.63. The molecule has 0 aliphatic heterocycles. The van der Waals surface area contributed by atoms with Crippen molar-refractivity contribution in [1.29, 1.82) is 5.26 Å². The SMILES string of the molecule is CC(=O)Cc1ccc(F)c(CC#N)c1. The molecule has 0 spiro atoms. The van der Waals surface area contributed by atoms with E-state index >= 15 is 0 Å². The molecule has 0 radical (unpaired) electrons. The van der Waals surface area contributed by atoms with Crippen molar-refractivity contribution in [1.82, 2.24) is 0 Å². The molecule has 1 aromatic rings. The maximum atomic E-state index is 13.1. The first kappa shape index (κ1) is 10.4. The summed E-state index contributed by atoms with van der Waals surface area (Å²) in [4.78, 5) is 10.8. The summed E-state index contributed by atoms with van der Waals surface area (Å²) in [5.74, 6) is -0.363. The minimum absolute atomic E-state index is 0.0273.